The van der Waals surface area contributed by atoms with Crippen LogP contribution >= 0.6 is 22.9 Å². The smallest absolute Gasteiger partial charge is 0.390 e. The van der Waals surface area contributed by atoms with Crippen LogP contribution in [0.4, 0.5) is 13.2 Å². The van der Waals surface area contributed by atoms with Gasteiger partial charge in [-0.3, -0.25) is 9.25 Å². The summed E-state index contributed by atoms with van der Waals surface area (Å²) in [6.07, 6.45) is 0.913. The Morgan fingerprint density at radius 3 is 2.62 bits per heavy atom. The van der Waals surface area contributed by atoms with Gasteiger partial charge in [0.05, 0.1) is 35.8 Å². The van der Waals surface area contributed by atoms with Crippen molar-refractivity contribution in [3.8, 4) is 27.6 Å². The van der Waals surface area contributed by atoms with Crippen LogP contribution in [-0.2, 0) is 11.8 Å². The van der Waals surface area contributed by atoms with E-state index in [1.807, 2.05) is 60.0 Å². The van der Waals surface area contributed by atoms with E-state index >= 15 is 0 Å². The number of thiophene rings is 1. The summed E-state index contributed by atoms with van der Waals surface area (Å²) in [4.78, 5) is 19.5. The first-order chi connectivity index (χ1) is 22.5. The lowest BCUT2D eigenvalue weighted by molar-refractivity contribution is -0.138. The maximum Gasteiger partial charge on any atom is 0.390 e. The van der Waals surface area contributed by atoms with E-state index in [4.69, 9.17) is 25.8 Å². The van der Waals surface area contributed by atoms with Crippen molar-refractivity contribution < 1.29 is 32.2 Å². The van der Waals surface area contributed by atoms with E-state index in [1.54, 1.807) is 29.3 Å². The van der Waals surface area contributed by atoms with E-state index in [0.29, 0.717) is 57.9 Å². The number of hydrogen-bond donors (Lipinski definition) is 0. The van der Waals surface area contributed by atoms with Crippen molar-refractivity contribution in [2.75, 3.05) is 26.7 Å². The zero-order valence-electron chi connectivity index (χ0n) is 26.0. The second-order valence-electron chi connectivity index (χ2n) is 11.4. The van der Waals surface area contributed by atoms with E-state index in [0.717, 1.165) is 22.2 Å². The lowest BCUT2D eigenvalue weighted by Gasteiger charge is -2.32. The van der Waals surface area contributed by atoms with Gasteiger partial charge >= 0.3 is 12.1 Å². The summed E-state index contributed by atoms with van der Waals surface area (Å²) < 4.78 is 59.1. The Hall–Kier alpha value is -4.07. The minimum atomic E-state index is -4.17. The van der Waals surface area contributed by atoms with Crippen molar-refractivity contribution in [2.45, 2.75) is 44.6 Å². The number of hydrogen-bond acceptors (Lipinski definition) is 8. The molecule has 9 nitrogen and oxygen atoms in total. The van der Waals surface area contributed by atoms with Gasteiger partial charge in [-0.2, -0.15) is 18.3 Å². The van der Waals surface area contributed by atoms with Crippen LogP contribution in [0.5, 0.6) is 11.5 Å². The van der Waals surface area contributed by atoms with Gasteiger partial charge in [-0.15, -0.1) is 11.3 Å². The molecule has 0 aliphatic carbocycles. The minimum Gasteiger partial charge on any atom is -0.489 e. The number of piperidine rings is 1. The highest BCUT2D eigenvalue weighted by atomic mass is 35.5. The van der Waals surface area contributed by atoms with E-state index in [2.05, 4.69) is 10.1 Å². The van der Waals surface area contributed by atoms with Gasteiger partial charge in [0.2, 0.25) is 0 Å². The number of benzene rings is 2. The van der Waals surface area contributed by atoms with Crippen molar-refractivity contribution in [3.63, 3.8) is 0 Å². The van der Waals surface area contributed by atoms with Crippen molar-refractivity contribution >= 4 is 39.9 Å². The summed E-state index contributed by atoms with van der Waals surface area (Å²) in [5.74, 6) is 0.284. The van der Waals surface area contributed by atoms with Crippen LogP contribution in [0.1, 0.15) is 47.5 Å². The van der Waals surface area contributed by atoms with Crippen LogP contribution in [0.3, 0.4) is 0 Å². The standard InChI is InChI=1S/C33H33ClF3N5O4S/c1-20(24-5-4-6-27(30(24)34)46-23-9-12-41(13-10-23)14-11-33(35,36)37)45-28-16-29(47-31(28)32(43)44-3)42-19-38-25-15-21(7-8-26(25)42)22-17-39-40(2)18-22/h4-8,15-20,23H,9-14H2,1-3H3. The Balaban J connectivity index is 1.18. The largest absolute Gasteiger partial charge is 0.489 e. The third-order valence-corrected chi connectivity index (χ3v) is 9.65. The highest BCUT2D eigenvalue weighted by molar-refractivity contribution is 7.16. The molecule has 0 saturated carbocycles. The number of methoxy groups -OCH3 is 1. The zero-order chi connectivity index (χ0) is 33.3. The van der Waals surface area contributed by atoms with Gasteiger partial charge in [0.15, 0.2) is 4.88 Å². The molecule has 4 heterocycles. The summed E-state index contributed by atoms with van der Waals surface area (Å²) in [6, 6.07) is 13.2. The molecule has 6 rings (SSSR count). The Bertz CT molecular complexity index is 1880. The average Bonchev–Trinajstić information content (AvgIpc) is 3.79. The number of halogens is 4. The molecule has 14 heteroatoms. The summed E-state index contributed by atoms with van der Waals surface area (Å²) in [7, 11) is 3.19. The average molecular weight is 688 g/mol. The number of fused-ring (bicyclic) bond motifs is 1. The quantitative estimate of drug-likeness (QED) is 0.138. The fourth-order valence-electron chi connectivity index (χ4n) is 5.64. The van der Waals surface area contributed by atoms with Crippen molar-refractivity contribution in [1.29, 1.82) is 0 Å². The first-order valence-electron chi connectivity index (χ1n) is 15.1. The van der Waals surface area contributed by atoms with Gasteiger partial charge in [-0.25, -0.2) is 9.78 Å². The number of carbonyl (C=O) groups is 1. The Kier molecular flexibility index (Phi) is 9.49. The first kappa shape index (κ1) is 32.9. The normalized spacial score (nSPS) is 15.2. The first-order valence-corrected chi connectivity index (χ1v) is 16.3. The molecule has 2 aromatic carbocycles. The number of likely N-dealkylation sites (tertiary alicyclic amines) is 1. The van der Waals surface area contributed by atoms with E-state index in [-0.39, 0.29) is 12.6 Å². The molecule has 0 spiro atoms. The highest BCUT2D eigenvalue weighted by Gasteiger charge is 2.30. The molecular weight excluding hydrogens is 655 g/mol. The number of aromatic nitrogens is 4. The number of rotatable bonds is 10. The van der Waals surface area contributed by atoms with Crippen molar-refractivity contribution in [2.24, 2.45) is 7.05 Å². The van der Waals surface area contributed by atoms with E-state index in [9.17, 15) is 18.0 Å². The molecule has 0 N–H and O–H groups in total. The predicted molar refractivity (Wildman–Crippen MR) is 174 cm³/mol. The molecular formula is C33H33ClF3N5O4S. The van der Waals surface area contributed by atoms with Crippen LogP contribution in [0.2, 0.25) is 5.02 Å². The monoisotopic (exact) mass is 687 g/mol. The van der Waals surface area contributed by atoms with Gasteiger partial charge in [-0.05, 0) is 43.5 Å². The highest BCUT2D eigenvalue weighted by Crippen LogP contribution is 2.40. The van der Waals surface area contributed by atoms with E-state index in [1.165, 1.54) is 18.4 Å². The van der Waals surface area contributed by atoms with Gasteiger partial charge in [-0.1, -0.05) is 29.8 Å². The summed E-state index contributed by atoms with van der Waals surface area (Å²) in [6.45, 7) is 2.86. The molecule has 0 amide bonds. The topological polar surface area (TPSA) is 83.6 Å². The molecule has 1 aliphatic rings. The molecule has 1 aliphatic heterocycles. The molecule has 1 atom stereocenters. The summed E-state index contributed by atoms with van der Waals surface area (Å²) in [5, 5.41) is 5.34. The molecule has 3 aromatic heterocycles. The number of ether oxygens (including phenoxy) is 3. The maximum absolute atomic E-state index is 12.8. The molecule has 1 unspecified atom stereocenters. The van der Waals surface area contributed by atoms with Crippen LogP contribution < -0.4 is 9.47 Å². The van der Waals surface area contributed by atoms with Gasteiger partial charge in [0.1, 0.15) is 35.0 Å². The van der Waals surface area contributed by atoms with Crippen LogP contribution in [0.15, 0.2) is 61.2 Å². The molecule has 248 valence electrons. The molecule has 1 saturated heterocycles. The number of carbonyl (C=O) groups excluding carboxylic acids is 1. The van der Waals surface area contributed by atoms with Crippen molar-refractivity contribution in [1.82, 2.24) is 24.2 Å². The van der Waals surface area contributed by atoms with Gasteiger partial charge in [0, 0.05) is 50.1 Å². The van der Waals surface area contributed by atoms with E-state index < -0.39 is 24.7 Å². The maximum atomic E-state index is 12.8. The third kappa shape index (κ3) is 7.42. The Morgan fingerprint density at radius 2 is 1.91 bits per heavy atom. The second-order valence-corrected chi connectivity index (χ2v) is 12.8. The SMILES string of the molecule is COC(=O)c1sc(-n2cnc3cc(-c4cnn(C)c4)ccc32)cc1OC(C)c1cccc(OC2CCN(CCC(F)(F)F)CC2)c1Cl. The van der Waals surface area contributed by atoms with Crippen LogP contribution in [0.25, 0.3) is 27.2 Å². The Labute approximate surface area is 278 Å². The number of esters is 1. The second kappa shape index (κ2) is 13.6. The molecule has 47 heavy (non-hydrogen) atoms. The molecule has 0 bridgehead atoms. The van der Waals surface area contributed by atoms with Gasteiger partial charge < -0.3 is 19.1 Å². The summed E-state index contributed by atoms with van der Waals surface area (Å²) in [5.41, 5.74) is 4.27. The number of imidazole rings is 1. The fraction of sp³-hybridized carbons (Fsp3) is 0.364. The number of aryl methyl sites for hydroxylation is 1. The lowest BCUT2D eigenvalue weighted by atomic mass is 10.1. The lowest BCUT2D eigenvalue weighted by Crippen LogP contribution is -2.39. The van der Waals surface area contributed by atoms with Gasteiger partial charge in [0.25, 0.3) is 0 Å². The molecule has 0 radical (unpaired) electrons. The molecule has 1 fully saturated rings. The Morgan fingerprint density at radius 1 is 1.13 bits per heavy atom. The number of nitrogens with zero attached hydrogens (tertiary/aromatic N) is 5. The predicted octanol–water partition coefficient (Wildman–Crippen LogP) is 7.86. The van der Waals surface area contributed by atoms with Crippen LogP contribution in [-0.4, -0.2) is 69.2 Å². The van der Waals surface area contributed by atoms with Crippen molar-refractivity contribution in [3.05, 3.63) is 76.6 Å². The number of alkyl halides is 3. The zero-order valence-corrected chi connectivity index (χ0v) is 27.5. The van der Waals surface area contributed by atoms with Crippen LogP contribution in [0, 0.1) is 0 Å². The fourth-order valence-corrected chi connectivity index (χ4v) is 6.96. The molecule has 5 aromatic rings. The summed E-state index contributed by atoms with van der Waals surface area (Å²) >= 11 is 8.04. The third-order valence-electron chi connectivity index (χ3n) is 8.15. The minimum absolute atomic E-state index is 0.0106.